The maximum atomic E-state index is 13.3. The van der Waals surface area contributed by atoms with Crippen LogP contribution in [0.25, 0.3) is 0 Å². The van der Waals surface area contributed by atoms with Crippen LogP contribution in [0.3, 0.4) is 0 Å². The van der Waals surface area contributed by atoms with E-state index in [0.717, 1.165) is 4.90 Å². The number of nitrogens with one attached hydrogen (secondary N) is 1. The van der Waals surface area contributed by atoms with Gasteiger partial charge in [0.15, 0.2) is 0 Å². The fraction of sp³-hybridized carbons (Fsp3) is 0.273. The van der Waals surface area contributed by atoms with E-state index in [0.29, 0.717) is 5.56 Å². The molecule has 0 bridgehead atoms. The number of urea groups is 1. The first kappa shape index (κ1) is 10.6. The van der Waals surface area contributed by atoms with E-state index in [1.807, 2.05) is 0 Å². The molecule has 1 aliphatic rings. The molecule has 1 fully saturated rings. The van der Waals surface area contributed by atoms with E-state index in [9.17, 15) is 14.0 Å². The predicted molar refractivity (Wildman–Crippen MR) is 54.9 cm³/mol. The first-order valence-electron chi connectivity index (χ1n) is 4.95. The van der Waals surface area contributed by atoms with Crippen LogP contribution in [0, 0.1) is 5.82 Å². The Bertz CT molecular complexity index is 447. The van der Waals surface area contributed by atoms with Crippen LogP contribution in [-0.2, 0) is 11.3 Å². The van der Waals surface area contributed by atoms with Crippen LogP contribution < -0.4 is 5.32 Å². The second kappa shape index (κ2) is 3.92. The summed E-state index contributed by atoms with van der Waals surface area (Å²) in [6.07, 6.45) is 0. The lowest BCUT2D eigenvalue weighted by Gasteiger charge is -2.12. The largest absolute Gasteiger partial charge is 0.326 e. The summed E-state index contributed by atoms with van der Waals surface area (Å²) < 4.78 is 13.3. The van der Waals surface area contributed by atoms with E-state index in [1.54, 1.807) is 25.1 Å². The van der Waals surface area contributed by atoms with Gasteiger partial charge in [-0.2, -0.15) is 0 Å². The summed E-state index contributed by atoms with van der Waals surface area (Å²) in [5.41, 5.74) is 0.333. The third-order valence-electron chi connectivity index (χ3n) is 2.51. The van der Waals surface area contributed by atoms with E-state index < -0.39 is 17.9 Å². The number of nitrogens with zero attached hydrogens (tertiary/aromatic N) is 1. The molecule has 4 nitrogen and oxygen atoms in total. The minimum absolute atomic E-state index is 0.0261. The lowest BCUT2D eigenvalue weighted by molar-refractivity contribution is -0.127. The Balaban J connectivity index is 2.20. The summed E-state index contributed by atoms with van der Waals surface area (Å²) in [6, 6.07) is 5.09. The van der Waals surface area contributed by atoms with Gasteiger partial charge in [0.1, 0.15) is 11.9 Å². The van der Waals surface area contributed by atoms with Crippen molar-refractivity contribution in [1.82, 2.24) is 10.2 Å². The summed E-state index contributed by atoms with van der Waals surface area (Å²) in [4.78, 5) is 24.0. The highest BCUT2D eigenvalue weighted by Crippen LogP contribution is 2.14. The van der Waals surface area contributed by atoms with Gasteiger partial charge in [-0.25, -0.2) is 9.18 Å². The van der Waals surface area contributed by atoms with Gasteiger partial charge in [-0.05, 0) is 13.0 Å². The Labute approximate surface area is 92.0 Å². The summed E-state index contributed by atoms with van der Waals surface area (Å²) in [7, 11) is 0. The molecular formula is C11H11FN2O2. The highest BCUT2D eigenvalue weighted by Gasteiger charge is 2.35. The van der Waals surface area contributed by atoms with Crippen molar-refractivity contribution in [2.24, 2.45) is 0 Å². The van der Waals surface area contributed by atoms with Crippen LogP contribution in [0.5, 0.6) is 0 Å². The third kappa shape index (κ3) is 1.76. The maximum Gasteiger partial charge on any atom is 0.325 e. The first-order chi connectivity index (χ1) is 7.59. The zero-order valence-electron chi connectivity index (χ0n) is 8.74. The van der Waals surface area contributed by atoms with Crippen molar-refractivity contribution < 1.29 is 14.0 Å². The minimum Gasteiger partial charge on any atom is -0.326 e. The summed E-state index contributed by atoms with van der Waals surface area (Å²) in [5.74, 6) is -0.740. The molecule has 16 heavy (non-hydrogen) atoms. The molecule has 5 heteroatoms. The second-order valence-electron chi connectivity index (χ2n) is 3.69. The molecular weight excluding hydrogens is 211 g/mol. The van der Waals surface area contributed by atoms with Gasteiger partial charge in [0.25, 0.3) is 5.91 Å². The van der Waals surface area contributed by atoms with Crippen molar-refractivity contribution in [3.63, 3.8) is 0 Å². The lowest BCUT2D eigenvalue weighted by Crippen LogP contribution is -2.30. The van der Waals surface area contributed by atoms with E-state index in [-0.39, 0.29) is 12.5 Å². The van der Waals surface area contributed by atoms with Gasteiger partial charge < -0.3 is 5.32 Å². The number of halogens is 1. The highest BCUT2D eigenvalue weighted by atomic mass is 19.1. The maximum absolute atomic E-state index is 13.3. The molecule has 1 saturated heterocycles. The number of carbonyl (C=O) groups excluding carboxylic acids is 2. The zero-order chi connectivity index (χ0) is 11.7. The molecule has 0 aromatic heterocycles. The van der Waals surface area contributed by atoms with Gasteiger partial charge in [0, 0.05) is 5.56 Å². The molecule has 1 aromatic carbocycles. The van der Waals surface area contributed by atoms with Gasteiger partial charge in [-0.15, -0.1) is 0 Å². The number of hydrogen-bond donors (Lipinski definition) is 1. The fourth-order valence-electron chi connectivity index (χ4n) is 1.61. The molecule has 0 saturated carbocycles. The van der Waals surface area contributed by atoms with E-state index in [1.165, 1.54) is 6.07 Å². The van der Waals surface area contributed by atoms with Gasteiger partial charge in [0.2, 0.25) is 0 Å². The Morgan fingerprint density at radius 3 is 2.62 bits per heavy atom. The highest BCUT2D eigenvalue weighted by molar-refractivity contribution is 6.03. The third-order valence-corrected chi connectivity index (χ3v) is 2.51. The topological polar surface area (TPSA) is 49.4 Å². The molecule has 84 valence electrons. The molecule has 0 radical (unpaired) electrons. The molecule has 1 heterocycles. The standard InChI is InChI=1S/C11H11FN2O2/c1-7-10(15)14(11(16)13-7)6-8-4-2-3-5-9(8)12/h2-5,7H,6H2,1H3,(H,13,16)/t7-/m0/s1. The quantitative estimate of drug-likeness (QED) is 0.766. The zero-order valence-corrected chi connectivity index (χ0v) is 8.74. The molecule has 0 spiro atoms. The van der Waals surface area contributed by atoms with Crippen LogP contribution in [0.2, 0.25) is 0 Å². The molecule has 1 aliphatic heterocycles. The smallest absolute Gasteiger partial charge is 0.325 e. The minimum atomic E-state index is -0.528. The number of carbonyl (C=O) groups is 2. The predicted octanol–water partition coefficient (Wildman–Crippen LogP) is 1.27. The molecule has 0 unspecified atom stereocenters. The normalized spacial score (nSPS) is 20.1. The van der Waals surface area contributed by atoms with Crippen LogP contribution in [-0.4, -0.2) is 22.9 Å². The summed E-state index contributed by atoms with van der Waals surface area (Å²) >= 11 is 0. The average Bonchev–Trinajstić information content (AvgIpc) is 2.48. The van der Waals surface area contributed by atoms with Crippen molar-refractivity contribution in [2.75, 3.05) is 0 Å². The van der Waals surface area contributed by atoms with Crippen molar-refractivity contribution in [3.8, 4) is 0 Å². The Hall–Kier alpha value is -1.91. The van der Waals surface area contributed by atoms with Gasteiger partial charge in [0.05, 0.1) is 6.54 Å². The van der Waals surface area contributed by atoms with Crippen LogP contribution in [0.15, 0.2) is 24.3 Å². The van der Waals surface area contributed by atoms with Crippen molar-refractivity contribution >= 4 is 11.9 Å². The molecule has 2 rings (SSSR count). The summed E-state index contributed by atoms with van der Waals surface area (Å²) in [5, 5.41) is 2.47. The average molecular weight is 222 g/mol. The van der Waals surface area contributed by atoms with Crippen LogP contribution >= 0.6 is 0 Å². The van der Waals surface area contributed by atoms with Crippen molar-refractivity contribution in [1.29, 1.82) is 0 Å². The molecule has 0 aliphatic carbocycles. The van der Waals surface area contributed by atoms with Crippen molar-refractivity contribution in [3.05, 3.63) is 35.6 Å². The Kier molecular flexibility index (Phi) is 2.60. The SMILES string of the molecule is C[C@@H]1NC(=O)N(Cc2ccccc2F)C1=O. The second-order valence-corrected chi connectivity index (χ2v) is 3.69. The van der Waals surface area contributed by atoms with E-state index in [4.69, 9.17) is 0 Å². The Morgan fingerprint density at radius 2 is 2.06 bits per heavy atom. The number of benzene rings is 1. The number of hydrogen-bond acceptors (Lipinski definition) is 2. The fourth-order valence-corrected chi connectivity index (χ4v) is 1.61. The molecule has 1 aromatic rings. The van der Waals surface area contributed by atoms with Crippen LogP contribution in [0.1, 0.15) is 12.5 Å². The van der Waals surface area contributed by atoms with Crippen LogP contribution in [0.4, 0.5) is 9.18 Å². The first-order valence-corrected chi connectivity index (χ1v) is 4.95. The molecule has 1 N–H and O–H groups in total. The van der Waals surface area contributed by atoms with Gasteiger partial charge >= 0.3 is 6.03 Å². The number of imide groups is 1. The van der Waals surface area contributed by atoms with Crippen molar-refractivity contribution in [2.45, 2.75) is 19.5 Å². The molecule has 3 amide bonds. The number of amides is 3. The van der Waals surface area contributed by atoms with E-state index >= 15 is 0 Å². The summed E-state index contributed by atoms with van der Waals surface area (Å²) in [6.45, 7) is 1.57. The number of rotatable bonds is 2. The lowest BCUT2D eigenvalue weighted by atomic mass is 10.2. The van der Waals surface area contributed by atoms with Gasteiger partial charge in [-0.1, -0.05) is 18.2 Å². The van der Waals surface area contributed by atoms with E-state index in [2.05, 4.69) is 5.32 Å². The van der Waals surface area contributed by atoms with Gasteiger partial charge in [-0.3, -0.25) is 9.69 Å². The Morgan fingerprint density at radius 1 is 1.38 bits per heavy atom. The monoisotopic (exact) mass is 222 g/mol. The molecule has 1 atom stereocenters.